The molecule has 0 aliphatic carbocycles. The third kappa shape index (κ3) is 4.54. The van der Waals surface area contributed by atoms with Crippen molar-refractivity contribution in [2.24, 2.45) is 0 Å². The first-order chi connectivity index (χ1) is 12.6. The Hall–Kier alpha value is -3.47. The van der Waals surface area contributed by atoms with Crippen LogP contribution >= 0.6 is 0 Å². The van der Waals surface area contributed by atoms with Crippen LogP contribution in [0, 0.1) is 0 Å². The van der Waals surface area contributed by atoms with Gasteiger partial charge < -0.3 is 10.4 Å². The summed E-state index contributed by atoms with van der Waals surface area (Å²) in [5, 5.41) is 12.0. The largest absolute Gasteiger partial charge is 0.478 e. The lowest BCUT2D eigenvalue weighted by atomic mass is 10.0. The molecule has 0 radical (unpaired) electrons. The van der Waals surface area contributed by atoms with Gasteiger partial charge in [-0.1, -0.05) is 30.3 Å². The molecule has 2 aromatic carbocycles. The number of nitrogens with one attached hydrogen (secondary N) is 1. The predicted molar refractivity (Wildman–Crippen MR) is 99.2 cm³/mol. The smallest absolute Gasteiger partial charge is 0.335 e. The van der Waals surface area contributed by atoms with E-state index in [0.29, 0.717) is 11.3 Å². The molecular formula is C21H18N2O3. The van der Waals surface area contributed by atoms with E-state index in [1.807, 2.05) is 36.4 Å². The number of benzene rings is 2. The fourth-order valence-corrected chi connectivity index (χ4v) is 2.70. The molecule has 0 spiro atoms. The summed E-state index contributed by atoms with van der Waals surface area (Å²) in [5.74, 6) is -1.28. The SMILES string of the molecule is O=C(Cc1ccccc1C(=O)O)Nc1ccc(Cc2ccncc2)cc1. The van der Waals surface area contributed by atoms with E-state index < -0.39 is 5.97 Å². The van der Waals surface area contributed by atoms with Gasteiger partial charge in [0.05, 0.1) is 12.0 Å². The second-order valence-electron chi connectivity index (χ2n) is 5.92. The van der Waals surface area contributed by atoms with Crippen molar-refractivity contribution in [3.63, 3.8) is 0 Å². The molecule has 1 heterocycles. The molecule has 130 valence electrons. The highest BCUT2D eigenvalue weighted by Crippen LogP contribution is 2.15. The molecule has 0 bridgehead atoms. The molecule has 0 atom stereocenters. The lowest BCUT2D eigenvalue weighted by molar-refractivity contribution is -0.115. The van der Waals surface area contributed by atoms with Crippen molar-refractivity contribution < 1.29 is 14.7 Å². The van der Waals surface area contributed by atoms with Gasteiger partial charge in [0.25, 0.3) is 0 Å². The van der Waals surface area contributed by atoms with Crippen molar-refractivity contribution in [1.29, 1.82) is 0 Å². The van der Waals surface area contributed by atoms with Crippen LogP contribution in [0.5, 0.6) is 0 Å². The van der Waals surface area contributed by atoms with Crippen molar-refractivity contribution in [3.8, 4) is 0 Å². The minimum Gasteiger partial charge on any atom is -0.478 e. The fourth-order valence-electron chi connectivity index (χ4n) is 2.70. The van der Waals surface area contributed by atoms with Gasteiger partial charge in [0.15, 0.2) is 0 Å². The number of carbonyl (C=O) groups excluding carboxylic acids is 1. The average Bonchev–Trinajstić information content (AvgIpc) is 2.64. The molecule has 0 fully saturated rings. The van der Waals surface area contributed by atoms with Gasteiger partial charge in [0, 0.05) is 18.1 Å². The number of hydrogen-bond acceptors (Lipinski definition) is 3. The predicted octanol–water partition coefficient (Wildman–Crippen LogP) is 3.55. The highest BCUT2D eigenvalue weighted by Gasteiger charge is 2.12. The fraction of sp³-hybridized carbons (Fsp3) is 0.0952. The monoisotopic (exact) mass is 346 g/mol. The number of nitrogens with zero attached hydrogens (tertiary/aromatic N) is 1. The van der Waals surface area contributed by atoms with E-state index in [2.05, 4.69) is 10.3 Å². The van der Waals surface area contributed by atoms with Crippen LogP contribution in [0.3, 0.4) is 0 Å². The number of rotatable bonds is 6. The number of amides is 1. The summed E-state index contributed by atoms with van der Waals surface area (Å²) in [5.41, 5.74) is 3.62. The summed E-state index contributed by atoms with van der Waals surface area (Å²) in [6.07, 6.45) is 4.34. The molecule has 1 aromatic heterocycles. The van der Waals surface area contributed by atoms with Gasteiger partial charge in [-0.3, -0.25) is 9.78 Å². The summed E-state index contributed by atoms with van der Waals surface area (Å²) >= 11 is 0. The number of carboxylic acids is 1. The van der Waals surface area contributed by atoms with E-state index in [1.165, 1.54) is 11.6 Å². The molecule has 1 amide bonds. The second-order valence-corrected chi connectivity index (χ2v) is 5.92. The highest BCUT2D eigenvalue weighted by atomic mass is 16.4. The standard InChI is InChI=1S/C21H18N2O3/c24-20(14-17-3-1-2-4-19(17)21(25)26)23-18-7-5-15(6-8-18)13-16-9-11-22-12-10-16/h1-12H,13-14H2,(H,23,24)(H,25,26). The van der Waals surface area contributed by atoms with Gasteiger partial charge in [-0.25, -0.2) is 4.79 Å². The molecule has 0 saturated heterocycles. The number of aromatic carboxylic acids is 1. The van der Waals surface area contributed by atoms with E-state index in [9.17, 15) is 14.7 Å². The Morgan fingerprint density at radius 3 is 2.23 bits per heavy atom. The van der Waals surface area contributed by atoms with E-state index in [-0.39, 0.29) is 17.9 Å². The van der Waals surface area contributed by atoms with Crippen LogP contribution in [0.25, 0.3) is 0 Å². The van der Waals surface area contributed by atoms with Crippen molar-refractivity contribution in [2.45, 2.75) is 12.8 Å². The highest BCUT2D eigenvalue weighted by molar-refractivity contribution is 5.96. The Bertz CT molecular complexity index is 906. The van der Waals surface area contributed by atoms with Crippen molar-refractivity contribution in [1.82, 2.24) is 4.98 Å². The van der Waals surface area contributed by atoms with Gasteiger partial charge in [0.2, 0.25) is 5.91 Å². The maximum absolute atomic E-state index is 12.2. The van der Waals surface area contributed by atoms with Crippen molar-refractivity contribution in [3.05, 3.63) is 95.3 Å². The van der Waals surface area contributed by atoms with Gasteiger partial charge in [-0.05, 0) is 53.4 Å². The number of pyridine rings is 1. The van der Waals surface area contributed by atoms with Crippen LogP contribution in [0.1, 0.15) is 27.0 Å². The molecule has 0 unspecified atom stereocenters. The first-order valence-corrected chi connectivity index (χ1v) is 8.21. The van der Waals surface area contributed by atoms with Crippen LogP contribution in [-0.2, 0) is 17.6 Å². The van der Waals surface area contributed by atoms with E-state index >= 15 is 0 Å². The summed E-state index contributed by atoms with van der Waals surface area (Å²) in [6.45, 7) is 0. The number of anilines is 1. The number of carbonyl (C=O) groups is 2. The molecule has 26 heavy (non-hydrogen) atoms. The van der Waals surface area contributed by atoms with Crippen LogP contribution in [0.4, 0.5) is 5.69 Å². The Kier molecular flexibility index (Phi) is 5.39. The zero-order valence-electron chi connectivity index (χ0n) is 14.1. The van der Waals surface area contributed by atoms with Gasteiger partial charge in [-0.15, -0.1) is 0 Å². The summed E-state index contributed by atoms with van der Waals surface area (Å²) in [6, 6.07) is 18.1. The molecular weight excluding hydrogens is 328 g/mol. The zero-order valence-corrected chi connectivity index (χ0v) is 14.1. The minimum absolute atomic E-state index is 0.0151. The summed E-state index contributed by atoms with van der Waals surface area (Å²) < 4.78 is 0. The maximum Gasteiger partial charge on any atom is 0.335 e. The molecule has 3 rings (SSSR count). The lowest BCUT2D eigenvalue weighted by Crippen LogP contribution is -2.16. The van der Waals surface area contributed by atoms with Gasteiger partial charge in [0.1, 0.15) is 0 Å². The van der Waals surface area contributed by atoms with Crippen molar-refractivity contribution in [2.75, 3.05) is 5.32 Å². The number of hydrogen-bond donors (Lipinski definition) is 2. The van der Waals surface area contributed by atoms with Crippen LogP contribution < -0.4 is 5.32 Å². The quantitative estimate of drug-likeness (QED) is 0.715. The third-order valence-corrected chi connectivity index (χ3v) is 3.99. The minimum atomic E-state index is -1.03. The van der Waals surface area contributed by atoms with Crippen LogP contribution in [-0.4, -0.2) is 22.0 Å². The van der Waals surface area contributed by atoms with Crippen LogP contribution in [0.15, 0.2) is 73.1 Å². The number of carboxylic acid groups (broad SMARTS) is 1. The molecule has 5 heteroatoms. The van der Waals surface area contributed by atoms with Gasteiger partial charge in [-0.2, -0.15) is 0 Å². The van der Waals surface area contributed by atoms with Crippen molar-refractivity contribution >= 4 is 17.6 Å². The number of aromatic nitrogens is 1. The van der Waals surface area contributed by atoms with E-state index in [4.69, 9.17) is 0 Å². The molecule has 0 aliphatic rings. The Balaban J connectivity index is 1.62. The van der Waals surface area contributed by atoms with E-state index in [0.717, 1.165) is 12.0 Å². The maximum atomic E-state index is 12.2. The zero-order chi connectivity index (χ0) is 18.4. The van der Waals surface area contributed by atoms with Crippen LogP contribution in [0.2, 0.25) is 0 Å². The summed E-state index contributed by atoms with van der Waals surface area (Å²) in [4.78, 5) is 27.4. The molecule has 0 aliphatic heterocycles. The molecule has 5 nitrogen and oxygen atoms in total. The molecule has 2 N–H and O–H groups in total. The Morgan fingerprint density at radius 1 is 0.885 bits per heavy atom. The van der Waals surface area contributed by atoms with E-state index in [1.54, 1.807) is 30.6 Å². The molecule has 0 saturated carbocycles. The lowest BCUT2D eigenvalue weighted by Gasteiger charge is -2.08. The second kappa shape index (κ2) is 8.07. The van der Waals surface area contributed by atoms with Gasteiger partial charge >= 0.3 is 5.97 Å². The Morgan fingerprint density at radius 2 is 1.54 bits per heavy atom. The molecule has 3 aromatic rings. The summed E-state index contributed by atoms with van der Waals surface area (Å²) in [7, 11) is 0. The third-order valence-electron chi connectivity index (χ3n) is 3.99. The first kappa shape index (κ1) is 17.4. The normalized spacial score (nSPS) is 10.3. The topological polar surface area (TPSA) is 79.3 Å². The first-order valence-electron chi connectivity index (χ1n) is 8.21. The Labute approximate surface area is 151 Å². The average molecular weight is 346 g/mol.